The van der Waals surface area contributed by atoms with E-state index in [2.05, 4.69) is 5.32 Å². The van der Waals surface area contributed by atoms with Gasteiger partial charge < -0.3 is 15.2 Å². The van der Waals surface area contributed by atoms with E-state index in [1.54, 1.807) is 20.0 Å². The Labute approximate surface area is 93.0 Å². The van der Waals surface area contributed by atoms with Crippen molar-refractivity contribution in [3.8, 4) is 5.75 Å². The number of anilines is 1. The summed E-state index contributed by atoms with van der Waals surface area (Å²) in [6, 6.07) is 4.52. The van der Waals surface area contributed by atoms with Gasteiger partial charge in [-0.1, -0.05) is 6.92 Å². The lowest BCUT2D eigenvalue weighted by atomic mass is 10.2. The van der Waals surface area contributed by atoms with Crippen LogP contribution in [0.5, 0.6) is 5.75 Å². The molecular weight excluding hydrogens is 210 g/mol. The van der Waals surface area contributed by atoms with Crippen molar-refractivity contribution < 1.29 is 19.4 Å². The lowest BCUT2D eigenvalue weighted by Gasteiger charge is -2.08. The third kappa shape index (κ3) is 2.73. The van der Waals surface area contributed by atoms with E-state index in [0.717, 1.165) is 0 Å². The number of carboxylic acid groups (broad SMARTS) is 1. The highest BCUT2D eigenvalue weighted by atomic mass is 16.5. The van der Waals surface area contributed by atoms with Gasteiger partial charge in [0.15, 0.2) is 0 Å². The summed E-state index contributed by atoms with van der Waals surface area (Å²) in [5.41, 5.74) is 0.613. The Balaban J connectivity index is 3.08. The van der Waals surface area contributed by atoms with Crippen LogP contribution in [0, 0.1) is 0 Å². The van der Waals surface area contributed by atoms with Gasteiger partial charge in [0.1, 0.15) is 11.3 Å². The minimum atomic E-state index is -1.13. The molecule has 0 amide bonds. The molecule has 16 heavy (non-hydrogen) atoms. The number of esters is 1. The van der Waals surface area contributed by atoms with Crippen molar-refractivity contribution in [1.29, 1.82) is 0 Å². The van der Waals surface area contributed by atoms with Crippen LogP contribution in [0.15, 0.2) is 18.2 Å². The Bertz CT molecular complexity index is 414. The molecule has 0 radical (unpaired) electrons. The largest absolute Gasteiger partial charge is 0.478 e. The van der Waals surface area contributed by atoms with Crippen molar-refractivity contribution in [3.05, 3.63) is 23.8 Å². The first kappa shape index (κ1) is 12.0. The zero-order valence-corrected chi connectivity index (χ0v) is 9.11. The van der Waals surface area contributed by atoms with Gasteiger partial charge in [-0.3, -0.25) is 4.79 Å². The monoisotopic (exact) mass is 223 g/mol. The van der Waals surface area contributed by atoms with Crippen molar-refractivity contribution in [2.24, 2.45) is 0 Å². The molecule has 2 N–H and O–H groups in total. The third-order valence-corrected chi connectivity index (χ3v) is 2.01. The summed E-state index contributed by atoms with van der Waals surface area (Å²) < 4.78 is 4.91. The van der Waals surface area contributed by atoms with E-state index in [1.165, 1.54) is 12.1 Å². The summed E-state index contributed by atoms with van der Waals surface area (Å²) in [4.78, 5) is 22.0. The minimum Gasteiger partial charge on any atom is -0.478 e. The molecule has 1 aromatic rings. The average molecular weight is 223 g/mol. The van der Waals surface area contributed by atoms with Gasteiger partial charge in [0.2, 0.25) is 0 Å². The molecule has 0 aliphatic rings. The third-order valence-electron chi connectivity index (χ3n) is 2.01. The fraction of sp³-hybridized carbons (Fsp3) is 0.273. The van der Waals surface area contributed by atoms with Crippen LogP contribution in [0.4, 0.5) is 5.69 Å². The summed E-state index contributed by atoms with van der Waals surface area (Å²) in [6.07, 6.45) is 0.201. The number of rotatable bonds is 4. The summed E-state index contributed by atoms with van der Waals surface area (Å²) >= 11 is 0. The molecule has 0 aromatic heterocycles. The number of carboxylic acids is 1. The molecule has 0 aliphatic carbocycles. The van der Waals surface area contributed by atoms with Gasteiger partial charge in [0.05, 0.1) is 0 Å². The van der Waals surface area contributed by atoms with Gasteiger partial charge in [-0.2, -0.15) is 0 Å². The maximum absolute atomic E-state index is 11.1. The Kier molecular flexibility index (Phi) is 3.88. The predicted molar refractivity (Wildman–Crippen MR) is 58.9 cm³/mol. The van der Waals surface area contributed by atoms with E-state index in [1.807, 2.05) is 0 Å². The Morgan fingerprint density at radius 1 is 1.44 bits per heavy atom. The highest BCUT2D eigenvalue weighted by Gasteiger charge is 2.14. The summed E-state index contributed by atoms with van der Waals surface area (Å²) in [5.74, 6) is -1.52. The molecule has 0 aliphatic heterocycles. The van der Waals surface area contributed by atoms with Crippen LogP contribution < -0.4 is 10.1 Å². The van der Waals surface area contributed by atoms with Crippen LogP contribution in [-0.4, -0.2) is 24.1 Å². The molecule has 0 spiro atoms. The molecule has 0 saturated carbocycles. The predicted octanol–water partition coefficient (Wildman–Crippen LogP) is 1.74. The zero-order valence-electron chi connectivity index (χ0n) is 9.11. The first-order valence-electron chi connectivity index (χ1n) is 4.84. The fourth-order valence-electron chi connectivity index (χ4n) is 1.14. The van der Waals surface area contributed by atoms with Crippen molar-refractivity contribution in [1.82, 2.24) is 0 Å². The first-order valence-corrected chi connectivity index (χ1v) is 4.84. The van der Waals surface area contributed by atoms with Gasteiger partial charge in [-0.15, -0.1) is 0 Å². The Morgan fingerprint density at radius 3 is 2.62 bits per heavy atom. The maximum Gasteiger partial charge on any atom is 0.339 e. The second-order valence-electron chi connectivity index (χ2n) is 3.09. The summed E-state index contributed by atoms with van der Waals surface area (Å²) in [7, 11) is 1.68. The van der Waals surface area contributed by atoms with E-state index in [4.69, 9.17) is 9.84 Å². The van der Waals surface area contributed by atoms with Gasteiger partial charge in [0, 0.05) is 19.2 Å². The van der Waals surface area contributed by atoms with Crippen molar-refractivity contribution >= 4 is 17.6 Å². The van der Waals surface area contributed by atoms with Crippen LogP contribution in [0.2, 0.25) is 0 Å². The number of carbonyl (C=O) groups is 2. The molecule has 5 nitrogen and oxygen atoms in total. The molecule has 1 rings (SSSR count). The summed E-state index contributed by atoms with van der Waals surface area (Å²) in [6.45, 7) is 1.64. The van der Waals surface area contributed by atoms with Gasteiger partial charge in [-0.05, 0) is 18.2 Å². The number of aromatic carboxylic acids is 1. The van der Waals surface area contributed by atoms with Crippen LogP contribution in [-0.2, 0) is 4.79 Å². The highest BCUT2D eigenvalue weighted by molar-refractivity contribution is 5.93. The van der Waals surface area contributed by atoms with Gasteiger partial charge in [-0.25, -0.2) is 4.79 Å². The lowest BCUT2D eigenvalue weighted by molar-refractivity contribution is -0.134. The van der Waals surface area contributed by atoms with Gasteiger partial charge >= 0.3 is 11.9 Å². The number of benzene rings is 1. The molecule has 1 aromatic carbocycles. The number of hydrogen-bond donors (Lipinski definition) is 2. The van der Waals surface area contributed by atoms with E-state index in [9.17, 15) is 9.59 Å². The Hall–Kier alpha value is -2.04. The molecule has 0 atom stereocenters. The Morgan fingerprint density at radius 2 is 2.12 bits per heavy atom. The normalized spacial score (nSPS) is 9.62. The molecule has 0 saturated heterocycles. The molecule has 0 unspecified atom stereocenters. The SMILES string of the molecule is CCC(=O)Oc1ccc(NC)cc1C(=O)O. The van der Waals surface area contributed by atoms with Crippen molar-refractivity contribution in [3.63, 3.8) is 0 Å². The van der Waals surface area contributed by atoms with Crippen LogP contribution in [0.3, 0.4) is 0 Å². The second-order valence-corrected chi connectivity index (χ2v) is 3.09. The number of hydrogen-bond acceptors (Lipinski definition) is 4. The first-order chi connectivity index (χ1) is 7.58. The highest BCUT2D eigenvalue weighted by Crippen LogP contribution is 2.23. The molecule has 0 heterocycles. The topological polar surface area (TPSA) is 75.6 Å². The van der Waals surface area contributed by atoms with Crippen LogP contribution in [0.25, 0.3) is 0 Å². The van der Waals surface area contributed by atoms with Crippen LogP contribution in [0.1, 0.15) is 23.7 Å². The van der Waals surface area contributed by atoms with E-state index in [-0.39, 0.29) is 17.7 Å². The molecule has 5 heteroatoms. The van der Waals surface area contributed by atoms with Crippen LogP contribution >= 0.6 is 0 Å². The lowest BCUT2D eigenvalue weighted by Crippen LogP contribution is -2.10. The number of ether oxygens (including phenoxy) is 1. The molecule has 86 valence electrons. The van der Waals surface area contributed by atoms with Gasteiger partial charge in [0.25, 0.3) is 0 Å². The molecule has 0 fully saturated rings. The smallest absolute Gasteiger partial charge is 0.339 e. The molecular formula is C11H13NO4. The number of nitrogens with one attached hydrogen (secondary N) is 1. The number of carbonyl (C=O) groups excluding carboxylic acids is 1. The summed E-state index contributed by atoms with van der Waals surface area (Å²) in [5, 5.41) is 11.8. The van der Waals surface area contributed by atoms with Crippen molar-refractivity contribution in [2.45, 2.75) is 13.3 Å². The maximum atomic E-state index is 11.1. The average Bonchev–Trinajstić information content (AvgIpc) is 2.29. The quantitative estimate of drug-likeness (QED) is 0.600. The fourth-order valence-corrected chi connectivity index (χ4v) is 1.14. The van der Waals surface area contributed by atoms with E-state index < -0.39 is 11.9 Å². The van der Waals surface area contributed by atoms with E-state index >= 15 is 0 Å². The standard InChI is InChI=1S/C11H13NO4/c1-3-10(13)16-9-5-4-7(12-2)6-8(9)11(14)15/h4-6,12H,3H2,1-2H3,(H,14,15). The van der Waals surface area contributed by atoms with Crippen molar-refractivity contribution in [2.75, 3.05) is 12.4 Å². The minimum absolute atomic E-state index is 0.0337. The molecule has 0 bridgehead atoms. The zero-order chi connectivity index (χ0) is 12.1. The second kappa shape index (κ2) is 5.16. The van der Waals surface area contributed by atoms with E-state index in [0.29, 0.717) is 5.69 Å².